The summed E-state index contributed by atoms with van der Waals surface area (Å²) in [5.41, 5.74) is 2.26. The normalized spacial score (nSPS) is 11.8. The molecule has 0 aliphatic rings. The number of unbranched alkanes of at least 4 members (excludes halogenated alkanes) is 3. The first-order chi connectivity index (χ1) is 9.56. The summed E-state index contributed by atoms with van der Waals surface area (Å²) in [6.45, 7) is 0.910. The van der Waals surface area contributed by atoms with Crippen LogP contribution < -0.4 is 0 Å². The van der Waals surface area contributed by atoms with Crippen LogP contribution in [-0.4, -0.2) is 28.3 Å². The Balaban J connectivity index is 1.74. The molecule has 2 aromatic rings. The second kappa shape index (κ2) is 6.76. The molecule has 2 rings (SSSR count). The lowest BCUT2D eigenvalue weighted by atomic mass is 10.2. The van der Waals surface area contributed by atoms with Crippen molar-refractivity contribution in [3.8, 4) is 11.4 Å². The van der Waals surface area contributed by atoms with Crippen molar-refractivity contribution in [2.45, 2.75) is 32.2 Å². The van der Waals surface area contributed by atoms with Gasteiger partial charge >= 0.3 is 0 Å². The van der Waals surface area contributed by atoms with Crippen molar-refractivity contribution < 1.29 is 13.0 Å². The van der Waals surface area contributed by atoms with E-state index in [2.05, 4.69) is 15.6 Å². The SMILES string of the molecule is O=S(=O)(O)CCCCCCn1cccc1-c1ccc[nH]1. The average Bonchev–Trinajstić information content (AvgIpc) is 3.02. The molecule has 0 atom stereocenters. The molecule has 5 nitrogen and oxygen atoms in total. The van der Waals surface area contributed by atoms with Crippen LogP contribution in [0.25, 0.3) is 11.4 Å². The largest absolute Gasteiger partial charge is 0.360 e. The van der Waals surface area contributed by atoms with Gasteiger partial charge in [0, 0.05) is 18.9 Å². The molecule has 0 saturated heterocycles. The Labute approximate surface area is 119 Å². The van der Waals surface area contributed by atoms with E-state index in [0.29, 0.717) is 6.42 Å². The van der Waals surface area contributed by atoms with Crippen molar-refractivity contribution in [3.63, 3.8) is 0 Å². The number of H-pyrrole nitrogens is 1. The van der Waals surface area contributed by atoms with Crippen LogP contribution in [0.2, 0.25) is 0 Å². The number of hydrogen-bond donors (Lipinski definition) is 2. The predicted octanol–water partition coefficient (Wildman–Crippen LogP) is 2.93. The first-order valence-corrected chi connectivity index (χ1v) is 8.41. The molecule has 0 aliphatic heterocycles. The molecular formula is C14H20N2O3S. The van der Waals surface area contributed by atoms with Crippen molar-refractivity contribution in [2.24, 2.45) is 0 Å². The van der Waals surface area contributed by atoms with Crippen LogP contribution >= 0.6 is 0 Å². The molecule has 0 saturated carbocycles. The number of rotatable bonds is 8. The summed E-state index contributed by atoms with van der Waals surface area (Å²) in [6, 6.07) is 8.11. The van der Waals surface area contributed by atoms with Crippen LogP contribution in [0, 0.1) is 0 Å². The van der Waals surface area contributed by atoms with E-state index in [1.54, 1.807) is 0 Å². The van der Waals surface area contributed by atoms with Gasteiger partial charge in [-0.1, -0.05) is 12.8 Å². The standard InChI is InChI=1S/C14H20N2O3S/c17-20(18,19)12-4-2-1-3-10-16-11-6-8-14(16)13-7-5-9-15-13/h5-9,11,15H,1-4,10,12H2,(H,17,18,19). The minimum absolute atomic E-state index is 0.135. The van der Waals surface area contributed by atoms with Crippen molar-refractivity contribution in [2.75, 3.05) is 5.75 Å². The number of aryl methyl sites for hydroxylation is 1. The fourth-order valence-electron chi connectivity index (χ4n) is 2.26. The highest BCUT2D eigenvalue weighted by atomic mass is 32.2. The lowest BCUT2D eigenvalue weighted by Crippen LogP contribution is -2.04. The van der Waals surface area contributed by atoms with Crippen LogP contribution in [-0.2, 0) is 16.7 Å². The summed E-state index contributed by atoms with van der Waals surface area (Å²) >= 11 is 0. The molecular weight excluding hydrogens is 276 g/mol. The fourth-order valence-corrected chi connectivity index (χ4v) is 2.83. The summed E-state index contributed by atoms with van der Waals surface area (Å²) in [6.07, 6.45) is 7.25. The fraction of sp³-hybridized carbons (Fsp3) is 0.429. The monoisotopic (exact) mass is 296 g/mol. The summed E-state index contributed by atoms with van der Waals surface area (Å²) < 4.78 is 32.0. The zero-order valence-corrected chi connectivity index (χ0v) is 12.1. The molecule has 2 N–H and O–H groups in total. The molecule has 0 aromatic carbocycles. The Bertz CT molecular complexity index is 615. The van der Waals surface area contributed by atoms with Gasteiger partial charge in [0.2, 0.25) is 0 Å². The molecule has 0 fully saturated rings. The van der Waals surface area contributed by atoms with Gasteiger partial charge in [0.05, 0.1) is 17.1 Å². The third-order valence-corrected chi connectivity index (χ3v) is 4.06. The molecule has 6 heteroatoms. The van der Waals surface area contributed by atoms with E-state index in [9.17, 15) is 8.42 Å². The lowest BCUT2D eigenvalue weighted by molar-refractivity contribution is 0.478. The molecule has 2 heterocycles. The van der Waals surface area contributed by atoms with Crippen molar-refractivity contribution in [3.05, 3.63) is 36.7 Å². The van der Waals surface area contributed by atoms with Gasteiger partial charge in [-0.25, -0.2) is 0 Å². The minimum Gasteiger partial charge on any atom is -0.360 e. The van der Waals surface area contributed by atoms with E-state index in [4.69, 9.17) is 4.55 Å². The maximum absolute atomic E-state index is 10.6. The average molecular weight is 296 g/mol. The number of nitrogens with zero attached hydrogens (tertiary/aromatic N) is 1. The summed E-state index contributed by atoms with van der Waals surface area (Å²) in [4.78, 5) is 3.19. The summed E-state index contributed by atoms with van der Waals surface area (Å²) in [5.74, 6) is -0.135. The van der Waals surface area contributed by atoms with Crippen LogP contribution in [0.4, 0.5) is 0 Å². The molecule has 0 aliphatic carbocycles. The maximum atomic E-state index is 10.6. The van der Waals surface area contributed by atoms with Gasteiger partial charge in [-0.2, -0.15) is 8.42 Å². The highest BCUT2D eigenvalue weighted by Crippen LogP contribution is 2.18. The van der Waals surface area contributed by atoms with Crippen LogP contribution in [0.15, 0.2) is 36.7 Å². The van der Waals surface area contributed by atoms with Gasteiger partial charge in [0.25, 0.3) is 10.1 Å². The van der Waals surface area contributed by atoms with Crippen molar-refractivity contribution in [1.29, 1.82) is 0 Å². The van der Waals surface area contributed by atoms with Crippen molar-refractivity contribution >= 4 is 10.1 Å². The maximum Gasteiger partial charge on any atom is 0.264 e. The summed E-state index contributed by atoms with van der Waals surface area (Å²) in [5, 5.41) is 0. The number of aromatic nitrogens is 2. The number of nitrogens with one attached hydrogen (secondary N) is 1. The van der Waals surface area contributed by atoms with Crippen molar-refractivity contribution in [1.82, 2.24) is 9.55 Å². The Morgan fingerprint density at radius 2 is 1.90 bits per heavy atom. The zero-order valence-electron chi connectivity index (χ0n) is 11.3. The van der Waals surface area contributed by atoms with Gasteiger partial charge < -0.3 is 9.55 Å². The smallest absolute Gasteiger partial charge is 0.264 e. The molecule has 0 unspecified atom stereocenters. The predicted molar refractivity (Wildman–Crippen MR) is 79.1 cm³/mol. The van der Waals surface area contributed by atoms with E-state index >= 15 is 0 Å². The van der Waals surface area contributed by atoms with Crippen LogP contribution in [0.3, 0.4) is 0 Å². The molecule has 2 aromatic heterocycles. The topological polar surface area (TPSA) is 75.1 Å². The van der Waals surface area contributed by atoms with Crippen LogP contribution in [0.5, 0.6) is 0 Å². The molecule has 20 heavy (non-hydrogen) atoms. The van der Waals surface area contributed by atoms with Gasteiger partial charge in [-0.3, -0.25) is 4.55 Å². The number of hydrogen-bond acceptors (Lipinski definition) is 2. The highest BCUT2D eigenvalue weighted by Gasteiger charge is 2.05. The van der Waals surface area contributed by atoms with Crippen LogP contribution in [0.1, 0.15) is 25.7 Å². The Hall–Kier alpha value is -1.53. The molecule has 0 spiro atoms. The zero-order chi connectivity index (χ0) is 14.4. The van der Waals surface area contributed by atoms with Gasteiger partial charge in [0.1, 0.15) is 0 Å². The first-order valence-electron chi connectivity index (χ1n) is 6.80. The van der Waals surface area contributed by atoms with Gasteiger partial charge in [-0.15, -0.1) is 0 Å². The molecule has 0 amide bonds. The highest BCUT2D eigenvalue weighted by molar-refractivity contribution is 7.85. The van der Waals surface area contributed by atoms with E-state index < -0.39 is 10.1 Å². The molecule has 110 valence electrons. The van der Waals surface area contributed by atoms with E-state index in [-0.39, 0.29) is 5.75 Å². The third kappa shape index (κ3) is 4.54. The third-order valence-electron chi connectivity index (χ3n) is 3.25. The molecule has 0 radical (unpaired) electrons. The quantitative estimate of drug-likeness (QED) is 0.581. The van der Waals surface area contributed by atoms with Gasteiger partial charge in [-0.05, 0) is 37.1 Å². The second-order valence-corrected chi connectivity index (χ2v) is 6.44. The Morgan fingerprint density at radius 1 is 1.10 bits per heavy atom. The minimum atomic E-state index is -3.80. The van der Waals surface area contributed by atoms with E-state index in [1.165, 1.54) is 0 Å². The Kier molecular flexibility index (Phi) is 5.03. The van der Waals surface area contributed by atoms with E-state index in [1.807, 2.05) is 30.6 Å². The Morgan fingerprint density at radius 3 is 2.60 bits per heavy atom. The number of aromatic amines is 1. The second-order valence-electron chi connectivity index (χ2n) is 4.87. The first kappa shape index (κ1) is 14.9. The van der Waals surface area contributed by atoms with E-state index in [0.717, 1.165) is 37.2 Å². The summed E-state index contributed by atoms with van der Waals surface area (Å²) in [7, 11) is -3.80. The van der Waals surface area contributed by atoms with Gasteiger partial charge in [0.15, 0.2) is 0 Å². The molecule has 0 bridgehead atoms. The lowest BCUT2D eigenvalue weighted by Gasteiger charge is -2.08.